The van der Waals surface area contributed by atoms with Crippen molar-refractivity contribution in [3.63, 3.8) is 0 Å². The molecule has 2 nitrogen and oxygen atoms in total. The summed E-state index contributed by atoms with van der Waals surface area (Å²) >= 11 is 0. The van der Waals surface area contributed by atoms with Crippen LogP contribution in [0.15, 0.2) is 30.3 Å². The molecule has 2 unspecified atom stereocenters. The van der Waals surface area contributed by atoms with Crippen LogP contribution in [0.5, 0.6) is 0 Å². The van der Waals surface area contributed by atoms with Crippen LogP contribution in [0.25, 0.3) is 0 Å². The normalized spacial score (nSPS) is 18.6. The Morgan fingerprint density at radius 2 is 2.00 bits per heavy atom. The van der Waals surface area contributed by atoms with Gasteiger partial charge in [-0.1, -0.05) is 37.3 Å². The van der Waals surface area contributed by atoms with Gasteiger partial charge in [0.1, 0.15) is 0 Å². The van der Waals surface area contributed by atoms with Crippen LogP contribution in [-0.4, -0.2) is 23.8 Å². The Balaban J connectivity index is 1.87. The average molecular weight is 247 g/mol. The molecule has 0 radical (unpaired) electrons. The molecule has 1 aromatic carbocycles. The van der Waals surface area contributed by atoms with Crippen LogP contribution in [0.4, 0.5) is 0 Å². The smallest absolute Gasteiger partial charge is 0.0445 e. The van der Waals surface area contributed by atoms with Crippen molar-refractivity contribution in [2.24, 2.45) is 5.92 Å². The van der Waals surface area contributed by atoms with Crippen LogP contribution in [0.1, 0.15) is 38.2 Å². The van der Waals surface area contributed by atoms with Gasteiger partial charge in [0.05, 0.1) is 0 Å². The largest absolute Gasteiger partial charge is 0.396 e. The van der Waals surface area contributed by atoms with E-state index < -0.39 is 0 Å². The predicted octanol–water partition coefficient (Wildman–Crippen LogP) is 2.76. The fourth-order valence-electron chi connectivity index (χ4n) is 2.62. The molecule has 1 saturated carbocycles. The second kappa shape index (κ2) is 6.91. The third-order valence-electron chi connectivity index (χ3n) is 3.90. The number of aliphatic hydroxyl groups excluding tert-OH is 1. The van der Waals surface area contributed by atoms with Crippen LogP contribution >= 0.6 is 0 Å². The van der Waals surface area contributed by atoms with E-state index in [4.69, 9.17) is 5.11 Å². The van der Waals surface area contributed by atoms with Crippen molar-refractivity contribution >= 4 is 0 Å². The lowest BCUT2D eigenvalue weighted by molar-refractivity contribution is 0.246. The SMILES string of the molecule is CCC(Cc1ccccc1)NC(CCO)C1CC1. The third-order valence-corrected chi connectivity index (χ3v) is 3.90. The molecule has 2 atom stereocenters. The Kier molecular flexibility index (Phi) is 5.21. The summed E-state index contributed by atoms with van der Waals surface area (Å²) in [6, 6.07) is 11.7. The maximum Gasteiger partial charge on any atom is 0.0445 e. The van der Waals surface area contributed by atoms with E-state index in [0.29, 0.717) is 18.7 Å². The molecule has 1 aromatic rings. The highest BCUT2D eigenvalue weighted by Crippen LogP contribution is 2.34. The van der Waals surface area contributed by atoms with Crippen LogP contribution in [0, 0.1) is 5.92 Å². The summed E-state index contributed by atoms with van der Waals surface area (Å²) < 4.78 is 0. The minimum absolute atomic E-state index is 0.302. The van der Waals surface area contributed by atoms with Gasteiger partial charge >= 0.3 is 0 Å². The van der Waals surface area contributed by atoms with Gasteiger partial charge in [0.15, 0.2) is 0 Å². The molecule has 1 aliphatic carbocycles. The minimum Gasteiger partial charge on any atom is -0.396 e. The van der Waals surface area contributed by atoms with E-state index in [1.807, 2.05) is 0 Å². The van der Waals surface area contributed by atoms with E-state index in [0.717, 1.165) is 25.2 Å². The number of hydrogen-bond donors (Lipinski definition) is 2. The monoisotopic (exact) mass is 247 g/mol. The fraction of sp³-hybridized carbons (Fsp3) is 0.625. The Hall–Kier alpha value is -0.860. The van der Waals surface area contributed by atoms with Gasteiger partial charge in [0.25, 0.3) is 0 Å². The van der Waals surface area contributed by atoms with E-state index in [2.05, 4.69) is 42.6 Å². The van der Waals surface area contributed by atoms with Gasteiger partial charge in [-0.2, -0.15) is 0 Å². The van der Waals surface area contributed by atoms with E-state index >= 15 is 0 Å². The molecule has 2 rings (SSSR count). The molecule has 2 heteroatoms. The summed E-state index contributed by atoms with van der Waals surface area (Å²) in [7, 11) is 0. The van der Waals surface area contributed by atoms with Crippen LogP contribution in [0.2, 0.25) is 0 Å². The molecule has 1 fully saturated rings. The van der Waals surface area contributed by atoms with Gasteiger partial charge in [-0.3, -0.25) is 0 Å². The molecule has 0 amide bonds. The van der Waals surface area contributed by atoms with E-state index in [9.17, 15) is 0 Å². The predicted molar refractivity (Wildman–Crippen MR) is 75.6 cm³/mol. The first kappa shape index (κ1) is 13.6. The van der Waals surface area contributed by atoms with Gasteiger partial charge in [-0.15, -0.1) is 0 Å². The summed E-state index contributed by atoms with van der Waals surface area (Å²) in [6.45, 7) is 2.54. The highest BCUT2D eigenvalue weighted by atomic mass is 16.3. The van der Waals surface area contributed by atoms with Crippen LogP contribution in [-0.2, 0) is 6.42 Å². The van der Waals surface area contributed by atoms with Crippen molar-refractivity contribution in [2.75, 3.05) is 6.61 Å². The highest BCUT2D eigenvalue weighted by Gasteiger charge is 2.31. The first-order valence-electron chi connectivity index (χ1n) is 7.24. The first-order chi connectivity index (χ1) is 8.83. The maximum absolute atomic E-state index is 9.15. The van der Waals surface area contributed by atoms with E-state index in [1.165, 1.54) is 18.4 Å². The Morgan fingerprint density at radius 3 is 2.56 bits per heavy atom. The molecule has 0 bridgehead atoms. The van der Waals surface area contributed by atoms with Crippen molar-refractivity contribution in [2.45, 2.75) is 51.1 Å². The standard InChI is InChI=1S/C16H25NO/c1-2-15(12-13-6-4-3-5-7-13)17-16(10-11-18)14-8-9-14/h3-7,14-18H,2,8-12H2,1H3. The number of benzene rings is 1. The second-order valence-corrected chi connectivity index (χ2v) is 5.42. The zero-order chi connectivity index (χ0) is 12.8. The van der Waals surface area contributed by atoms with Crippen molar-refractivity contribution < 1.29 is 5.11 Å². The summed E-state index contributed by atoms with van der Waals surface area (Å²) in [5, 5.41) is 12.9. The quantitative estimate of drug-likeness (QED) is 0.740. The lowest BCUT2D eigenvalue weighted by Crippen LogP contribution is -2.41. The summed E-state index contributed by atoms with van der Waals surface area (Å²) in [4.78, 5) is 0. The molecule has 100 valence electrons. The first-order valence-corrected chi connectivity index (χ1v) is 7.24. The number of hydrogen-bond acceptors (Lipinski definition) is 2. The van der Waals surface area contributed by atoms with E-state index in [-0.39, 0.29) is 0 Å². The third kappa shape index (κ3) is 4.11. The second-order valence-electron chi connectivity index (χ2n) is 5.42. The van der Waals surface area contributed by atoms with Crippen LogP contribution < -0.4 is 5.32 Å². The van der Waals surface area contributed by atoms with Gasteiger partial charge in [-0.25, -0.2) is 0 Å². The number of nitrogens with one attached hydrogen (secondary N) is 1. The van der Waals surface area contributed by atoms with Crippen molar-refractivity contribution in [1.82, 2.24) is 5.32 Å². The molecule has 0 aromatic heterocycles. The van der Waals surface area contributed by atoms with Gasteiger partial charge < -0.3 is 10.4 Å². The lowest BCUT2D eigenvalue weighted by Gasteiger charge is -2.25. The fourth-order valence-corrected chi connectivity index (χ4v) is 2.62. The molecule has 2 N–H and O–H groups in total. The van der Waals surface area contributed by atoms with E-state index in [1.54, 1.807) is 0 Å². The molecule has 0 heterocycles. The molecule has 1 aliphatic rings. The molecule has 0 saturated heterocycles. The molecular weight excluding hydrogens is 222 g/mol. The Morgan fingerprint density at radius 1 is 1.28 bits per heavy atom. The highest BCUT2D eigenvalue weighted by molar-refractivity contribution is 5.16. The average Bonchev–Trinajstić information content (AvgIpc) is 3.22. The molecule has 18 heavy (non-hydrogen) atoms. The maximum atomic E-state index is 9.15. The zero-order valence-corrected chi connectivity index (χ0v) is 11.3. The van der Waals surface area contributed by atoms with Crippen molar-refractivity contribution in [1.29, 1.82) is 0 Å². The number of rotatable bonds is 8. The Bertz CT molecular complexity index is 334. The molecule has 0 aliphatic heterocycles. The van der Waals surface area contributed by atoms with Gasteiger partial charge in [-0.05, 0) is 43.6 Å². The summed E-state index contributed by atoms with van der Waals surface area (Å²) in [5.74, 6) is 0.807. The summed E-state index contributed by atoms with van der Waals surface area (Å²) in [5.41, 5.74) is 1.40. The topological polar surface area (TPSA) is 32.3 Å². The Labute approximate surface area is 110 Å². The van der Waals surface area contributed by atoms with Gasteiger partial charge in [0.2, 0.25) is 0 Å². The number of aliphatic hydroxyl groups is 1. The summed E-state index contributed by atoms with van der Waals surface area (Å²) in [6.07, 6.45) is 5.80. The molecule has 0 spiro atoms. The van der Waals surface area contributed by atoms with Crippen molar-refractivity contribution in [3.8, 4) is 0 Å². The van der Waals surface area contributed by atoms with Crippen molar-refractivity contribution in [3.05, 3.63) is 35.9 Å². The minimum atomic E-state index is 0.302. The molecular formula is C16H25NO. The van der Waals surface area contributed by atoms with Crippen LogP contribution in [0.3, 0.4) is 0 Å². The zero-order valence-electron chi connectivity index (χ0n) is 11.3. The van der Waals surface area contributed by atoms with Gasteiger partial charge in [0, 0.05) is 18.7 Å². The lowest BCUT2D eigenvalue weighted by atomic mass is 10.0.